The van der Waals surface area contributed by atoms with E-state index in [1.54, 1.807) is 27.4 Å². The molecule has 1 aromatic heterocycles. The van der Waals surface area contributed by atoms with Crippen molar-refractivity contribution in [1.82, 2.24) is 24.6 Å². The van der Waals surface area contributed by atoms with E-state index in [9.17, 15) is 9.59 Å². The molecule has 3 heterocycles. The molecule has 0 saturated carbocycles. The lowest BCUT2D eigenvalue weighted by Crippen LogP contribution is -2.36. The third kappa shape index (κ3) is 4.14. The second kappa shape index (κ2) is 8.28. The molecule has 1 atom stereocenters. The van der Waals surface area contributed by atoms with Crippen LogP contribution in [0.2, 0.25) is 0 Å². The molecule has 9 nitrogen and oxygen atoms in total. The van der Waals surface area contributed by atoms with Crippen LogP contribution in [0.4, 0.5) is 0 Å². The van der Waals surface area contributed by atoms with Crippen LogP contribution in [0.5, 0.6) is 11.5 Å². The minimum absolute atomic E-state index is 0.0285. The molecule has 0 radical (unpaired) electrons. The molecular formula is C20H27N5O4. The molecule has 1 aromatic carbocycles. The number of aryl methyl sites for hydroxylation is 1. The third-order valence-corrected chi connectivity index (χ3v) is 5.32. The smallest absolute Gasteiger partial charge is 0.345 e. The van der Waals surface area contributed by atoms with Crippen molar-refractivity contribution in [3.05, 3.63) is 40.1 Å². The fourth-order valence-electron chi connectivity index (χ4n) is 3.73. The molecule has 1 amide bonds. The molecule has 4 rings (SSSR count). The monoisotopic (exact) mass is 401 g/mol. The molecule has 0 fully saturated rings. The number of carbonyl (C=O) groups is 1. The second-order valence-electron chi connectivity index (χ2n) is 7.70. The summed E-state index contributed by atoms with van der Waals surface area (Å²) >= 11 is 0. The van der Waals surface area contributed by atoms with Crippen LogP contribution >= 0.6 is 0 Å². The first-order chi connectivity index (χ1) is 14.0. The van der Waals surface area contributed by atoms with Crippen molar-refractivity contribution >= 4 is 5.91 Å². The number of para-hydroxylation sites is 1. The van der Waals surface area contributed by atoms with Crippen molar-refractivity contribution in [3.8, 4) is 11.5 Å². The number of aromatic nitrogens is 3. The Balaban J connectivity index is 1.42. The summed E-state index contributed by atoms with van der Waals surface area (Å²) in [5.41, 5.74) is 0.409. The number of nitrogens with zero attached hydrogens (tertiary/aromatic N) is 4. The van der Waals surface area contributed by atoms with Crippen LogP contribution in [-0.2, 0) is 19.5 Å². The molecule has 2 aliphatic heterocycles. The lowest BCUT2D eigenvalue weighted by atomic mass is 10.1. The maximum Gasteiger partial charge on any atom is 0.345 e. The van der Waals surface area contributed by atoms with E-state index in [-0.39, 0.29) is 17.6 Å². The minimum Gasteiger partial charge on any atom is -0.486 e. The van der Waals surface area contributed by atoms with Crippen molar-refractivity contribution in [2.24, 2.45) is 0 Å². The predicted molar refractivity (Wildman–Crippen MR) is 107 cm³/mol. The minimum atomic E-state index is -0.180. The van der Waals surface area contributed by atoms with Crippen LogP contribution in [0, 0.1) is 0 Å². The van der Waals surface area contributed by atoms with Gasteiger partial charge < -0.3 is 19.7 Å². The van der Waals surface area contributed by atoms with E-state index in [0.717, 1.165) is 18.8 Å². The summed E-state index contributed by atoms with van der Waals surface area (Å²) in [4.78, 5) is 27.5. The Morgan fingerprint density at radius 1 is 1.28 bits per heavy atom. The molecule has 29 heavy (non-hydrogen) atoms. The Morgan fingerprint density at radius 2 is 2.10 bits per heavy atom. The average molecular weight is 401 g/mol. The van der Waals surface area contributed by atoms with Crippen LogP contribution < -0.4 is 20.5 Å². The summed E-state index contributed by atoms with van der Waals surface area (Å²) in [5, 5.41) is 7.60. The number of fused-ring (bicyclic) bond motifs is 2. The van der Waals surface area contributed by atoms with Gasteiger partial charge in [0.2, 0.25) is 0 Å². The maximum atomic E-state index is 12.8. The van der Waals surface area contributed by atoms with Crippen LogP contribution in [0.25, 0.3) is 0 Å². The normalized spacial score (nSPS) is 18.2. The molecular weight excluding hydrogens is 374 g/mol. The van der Waals surface area contributed by atoms with Gasteiger partial charge in [-0.2, -0.15) is 5.10 Å². The van der Waals surface area contributed by atoms with Gasteiger partial charge in [0.1, 0.15) is 19.0 Å². The highest BCUT2D eigenvalue weighted by Crippen LogP contribution is 2.33. The van der Waals surface area contributed by atoms with Crippen LogP contribution in [0.3, 0.4) is 0 Å². The molecule has 0 spiro atoms. The van der Waals surface area contributed by atoms with Gasteiger partial charge >= 0.3 is 5.69 Å². The molecule has 156 valence electrons. The SMILES string of the molecule is CN(C)CCn1nc2n(c1=O)CCC(NC(=O)c1cccc3c1OCCO3)CC2. The first-order valence-corrected chi connectivity index (χ1v) is 10.0. The van der Waals surface area contributed by atoms with Gasteiger partial charge in [-0.25, -0.2) is 9.48 Å². The van der Waals surface area contributed by atoms with E-state index in [1.165, 1.54) is 0 Å². The highest BCUT2D eigenvalue weighted by atomic mass is 16.6. The van der Waals surface area contributed by atoms with Crippen molar-refractivity contribution in [1.29, 1.82) is 0 Å². The number of ether oxygens (including phenoxy) is 2. The Hall–Kier alpha value is -2.81. The van der Waals surface area contributed by atoms with Gasteiger partial charge in [0.05, 0.1) is 12.1 Å². The van der Waals surface area contributed by atoms with Gasteiger partial charge in [-0.3, -0.25) is 9.36 Å². The van der Waals surface area contributed by atoms with E-state index in [0.29, 0.717) is 56.2 Å². The van der Waals surface area contributed by atoms with Crippen molar-refractivity contribution < 1.29 is 14.3 Å². The zero-order valence-corrected chi connectivity index (χ0v) is 16.9. The first kappa shape index (κ1) is 19.5. The van der Waals surface area contributed by atoms with Gasteiger partial charge in [-0.05, 0) is 39.1 Å². The van der Waals surface area contributed by atoms with Gasteiger partial charge in [0.15, 0.2) is 11.5 Å². The zero-order valence-electron chi connectivity index (χ0n) is 16.9. The summed E-state index contributed by atoms with van der Waals surface area (Å²) in [6.45, 7) is 2.81. The Bertz CT molecular complexity index is 949. The lowest BCUT2D eigenvalue weighted by molar-refractivity contribution is 0.0922. The quantitative estimate of drug-likeness (QED) is 0.785. The van der Waals surface area contributed by atoms with E-state index in [1.807, 2.05) is 19.0 Å². The van der Waals surface area contributed by atoms with Crippen LogP contribution in [0.15, 0.2) is 23.0 Å². The Morgan fingerprint density at radius 3 is 2.93 bits per heavy atom. The number of hydrogen-bond acceptors (Lipinski definition) is 6. The molecule has 0 saturated heterocycles. The second-order valence-corrected chi connectivity index (χ2v) is 7.70. The molecule has 9 heteroatoms. The number of hydrogen-bond donors (Lipinski definition) is 1. The van der Waals surface area contributed by atoms with E-state index < -0.39 is 0 Å². The summed E-state index contributed by atoms with van der Waals surface area (Å²) in [6, 6.07) is 5.31. The van der Waals surface area contributed by atoms with Crippen molar-refractivity contribution in [2.75, 3.05) is 33.9 Å². The van der Waals surface area contributed by atoms with E-state index in [4.69, 9.17) is 9.47 Å². The fraction of sp³-hybridized carbons (Fsp3) is 0.550. The number of nitrogens with one attached hydrogen (secondary N) is 1. The zero-order chi connectivity index (χ0) is 20.4. The Kier molecular flexibility index (Phi) is 5.57. The molecule has 0 aliphatic carbocycles. The fourth-order valence-corrected chi connectivity index (χ4v) is 3.73. The third-order valence-electron chi connectivity index (χ3n) is 5.32. The maximum absolute atomic E-state index is 12.8. The van der Waals surface area contributed by atoms with Crippen molar-refractivity contribution in [3.63, 3.8) is 0 Å². The van der Waals surface area contributed by atoms with E-state index in [2.05, 4.69) is 10.4 Å². The number of amides is 1. The largest absolute Gasteiger partial charge is 0.486 e. The lowest BCUT2D eigenvalue weighted by Gasteiger charge is -2.22. The standard InChI is InChI=1S/C20H27N5O4/c1-23(2)10-11-25-20(27)24-9-8-14(6-7-17(24)22-25)21-19(26)15-4-3-5-16-18(15)29-13-12-28-16/h3-5,14H,6-13H2,1-2H3,(H,21,26). The topological polar surface area (TPSA) is 90.6 Å². The van der Waals surface area contributed by atoms with Gasteiger partial charge in [-0.15, -0.1) is 0 Å². The Labute approximate surface area is 169 Å². The number of likely N-dealkylation sites (N-methyl/N-ethyl adjacent to an activating group) is 1. The number of rotatable bonds is 5. The summed E-state index contributed by atoms with van der Waals surface area (Å²) in [5.74, 6) is 1.71. The highest BCUT2D eigenvalue weighted by Gasteiger charge is 2.25. The highest BCUT2D eigenvalue weighted by molar-refractivity contribution is 5.98. The molecule has 2 aromatic rings. The molecule has 0 bridgehead atoms. The summed E-state index contributed by atoms with van der Waals surface area (Å²) in [6.07, 6.45) is 2.08. The first-order valence-electron chi connectivity index (χ1n) is 10.0. The van der Waals surface area contributed by atoms with Crippen LogP contribution in [-0.4, -0.2) is 65.1 Å². The summed E-state index contributed by atoms with van der Waals surface area (Å²) in [7, 11) is 3.95. The van der Waals surface area contributed by atoms with Gasteiger partial charge in [-0.1, -0.05) is 6.07 Å². The average Bonchev–Trinajstić information content (AvgIpc) is 2.88. The van der Waals surface area contributed by atoms with E-state index >= 15 is 0 Å². The molecule has 2 aliphatic rings. The van der Waals surface area contributed by atoms with Crippen LogP contribution in [0.1, 0.15) is 29.0 Å². The van der Waals surface area contributed by atoms with Gasteiger partial charge in [0.25, 0.3) is 5.91 Å². The number of carbonyl (C=O) groups excluding carboxylic acids is 1. The van der Waals surface area contributed by atoms with Gasteiger partial charge in [0, 0.05) is 25.6 Å². The molecule has 1 N–H and O–H groups in total. The van der Waals surface area contributed by atoms with Crippen molar-refractivity contribution in [2.45, 2.75) is 38.4 Å². The summed E-state index contributed by atoms with van der Waals surface area (Å²) < 4.78 is 14.5. The number of benzene rings is 1. The predicted octanol–water partition coefficient (Wildman–Crippen LogP) is 0.513. The molecule has 1 unspecified atom stereocenters.